The predicted molar refractivity (Wildman–Crippen MR) is 86.2 cm³/mol. The lowest BCUT2D eigenvalue weighted by Crippen LogP contribution is -2.47. The van der Waals surface area contributed by atoms with Crippen LogP contribution in [0.2, 0.25) is 0 Å². The molecule has 1 atom stereocenters. The Kier molecular flexibility index (Phi) is 6.34. The van der Waals surface area contributed by atoms with Crippen molar-refractivity contribution >= 4 is 5.91 Å². The number of benzene rings is 1. The zero-order valence-corrected chi connectivity index (χ0v) is 13.5. The van der Waals surface area contributed by atoms with Crippen LogP contribution in [0.3, 0.4) is 0 Å². The molecule has 0 aliphatic carbocycles. The van der Waals surface area contributed by atoms with Crippen LogP contribution in [-0.2, 0) is 11.2 Å². The Hall–Kier alpha value is -1.46. The Morgan fingerprint density at radius 3 is 2.73 bits per heavy atom. The van der Waals surface area contributed by atoms with E-state index in [0.29, 0.717) is 18.0 Å². The van der Waals surface area contributed by atoms with Gasteiger partial charge in [-0.05, 0) is 30.7 Å². The highest BCUT2D eigenvalue weighted by atomic mass is 19.1. The number of hydrogen-bond acceptors (Lipinski definition) is 3. The second-order valence-electron chi connectivity index (χ2n) is 6.32. The molecule has 1 aromatic rings. The SMILES string of the molecule is CC(CNC(=O)Cc1cccc(F)c1)CN1CCN(C)CC1. The topological polar surface area (TPSA) is 35.6 Å². The van der Waals surface area contributed by atoms with Crippen LogP contribution in [0.25, 0.3) is 0 Å². The van der Waals surface area contributed by atoms with Gasteiger partial charge in [0.15, 0.2) is 0 Å². The molecule has 1 heterocycles. The maximum absolute atomic E-state index is 13.1. The summed E-state index contributed by atoms with van der Waals surface area (Å²) in [4.78, 5) is 16.7. The third-order valence-corrected chi connectivity index (χ3v) is 4.07. The average Bonchev–Trinajstić information content (AvgIpc) is 2.48. The number of carbonyl (C=O) groups is 1. The van der Waals surface area contributed by atoms with Crippen molar-refractivity contribution in [1.29, 1.82) is 0 Å². The monoisotopic (exact) mass is 307 g/mol. The predicted octanol–water partition coefficient (Wildman–Crippen LogP) is 1.37. The molecule has 1 aliphatic rings. The zero-order valence-electron chi connectivity index (χ0n) is 13.5. The number of nitrogens with one attached hydrogen (secondary N) is 1. The molecule has 1 N–H and O–H groups in total. The molecule has 1 unspecified atom stereocenters. The first-order chi connectivity index (χ1) is 10.5. The number of carbonyl (C=O) groups excluding carboxylic acids is 1. The number of nitrogens with zero attached hydrogens (tertiary/aromatic N) is 2. The molecule has 1 aliphatic heterocycles. The lowest BCUT2D eigenvalue weighted by Gasteiger charge is -2.33. The van der Waals surface area contributed by atoms with Gasteiger partial charge in [-0.15, -0.1) is 0 Å². The van der Waals surface area contributed by atoms with Gasteiger partial charge in [-0.1, -0.05) is 19.1 Å². The molecule has 1 amide bonds. The van der Waals surface area contributed by atoms with Gasteiger partial charge in [-0.25, -0.2) is 4.39 Å². The van der Waals surface area contributed by atoms with Gasteiger partial charge >= 0.3 is 0 Å². The van der Waals surface area contributed by atoms with Gasteiger partial charge < -0.3 is 15.1 Å². The molecular formula is C17H26FN3O. The van der Waals surface area contributed by atoms with E-state index in [4.69, 9.17) is 0 Å². The molecule has 0 aromatic heterocycles. The summed E-state index contributed by atoms with van der Waals surface area (Å²) in [7, 11) is 2.15. The van der Waals surface area contributed by atoms with Crippen molar-refractivity contribution < 1.29 is 9.18 Å². The molecule has 0 radical (unpaired) electrons. The Morgan fingerprint density at radius 2 is 2.05 bits per heavy atom. The standard InChI is InChI=1S/C17H26FN3O/c1-14(13-21-8-6-20(2)7-9-21)12-19-17(22)11-15-4-3-5-16(18)10-15/h3-5,10,14H,6-9,11-13H2,1-2H3,(H,19,22). The number of hydrogen-bond donors (Lipinski definition) is 1. The first-order valence-electron chi connectivity index (χ1n) is 7.95. The van der Waals surface area contributed by atoms with E-state index < -0.39 is 0 Å². The van der Waals surface area contributed by atoms with Crippen LogP contribution in [0, 0.1) is 11.7 Å². The lowest BCUT2D eigenvalue weighted by molar-refractivity contribution is -0.120. The van der Waals surface area contributed by atoms with Crippen LogP contribution < -0.4 is 5.32 Å². The van der Waals surface area contributed by atoms with E-state index in [-0.39, 0.29) is 18.1 Å². The lowest BCUT2D eigenvalue weighted by atomic mass is 10.1. The molecule has 1 fully saturated rings. The van der Waals surface area contributed by atoms with E-state index >= 15 is 0 Å². The first-order valence-corrected chi connectivity index (χ1v) is 7.95. The Labute approximate surface area is 132 Å². The molecule has 0 bridgehead atoms. The van der Waals surface area contributed by atoms with Crippen LogP contribution in [0.1, 0.15) is 12.5 Å². The van der Waals surface area contributed by atoms with Gasteiger partial charge in [-0.3, -0.25) is 4.79 Å². The molecule has 5 heteroatoms. The van der Waals surface area contributed by atoms with E-state index in [9.17, 15) is 9.18 Å². The third-order valence-electron chi connectivity index (χ3n) is 4.07. The molecular weight excluding hydrogens is 281 g/mol. The highest BCUT2D eigenvalue weighted by Gasteiger charge is 2.16. The number of piperazine rings is 1. The van der Waals surface area contributed by atoms with Crippen molar-refractivity contribution in [3.63, 3.8) is 0 Å². The molecule has 2 rings (SSSR count). The first kappa shape index (κ1) is 16.9. The normalized spacial score (nSPS) is 18.1. The van der Waals surface area contributed by atoms with Crippen LogP contribution in [0.4, 0.5) is 4.39 Å². The van der Waals surface area contributed by atoms with Gasteiger partial charge in [0.1, 0.15) is 5.82 Å². The number of rotatable bonds is 6. The Morgan fingerprint density at radius 1 is 1.32 bits per heavy atom. The number of halogens is 1. The van der Waals surface area contributed by atoms with Gasteiger partial charge in [-0.2, -0.15) is 0 Å². The summed E-state index contributed by atoms with van der Waals surface area (Å²) >= 11 is 0. The molecule has 4 nitrogen and oxygen atoms in total. The van der Waals surface area contributed by atoms with Crippen molar-refractivity contribution in [2.45, 2.75) is 13.3 Å². The minimum atomic E-state index is -0.297. The second-order valence-corrected chi connectivity index (χ2v) is 6.32. The molecule has 0 saturated carbocycles. The summed E-state index contributed by atoms with van der Waals surface area (Å²) in [5, 5.41) is 2.95. The van der Waals surface area contributed by atoms with Crippen LogP contribution in [0.5, 0.6) is 0 Å². The summed E-state index contributed by atoms with van der Waals surface area (Å²) in [6.45, 7) is 8.24. The summed E-state index contributed by atoms with van der Waals surface area (Å²) < 4.78 is 13.1. The summed E-state index contributed by atoms with van der Waals surface area (Å²) in [6, 6.07) is 6.21. The number of amides is 1. The van der Waals surface area contributed by atoms with Crippen molar-refractivity contribution in [3.8, 4) is 0 Å². The van der Waals surface area contributed by atoms with Crippen LogP contribution >= 0.6 is 0 Å². The van der Waals surface area contributed by atoms with Gasteiger partial charge in [0.2, 0.25) is 5.91 Å². The fraction of sp³-hybridized carbons (Fsp3) is 0.588. The average molecular weight is 307 g/mol. The Bertz CT molecular complexity index is 487. The minimum absolute atomic E-state index is 0.0455. The fourth-order valence-electron chi connectivity index (χ4n) is 2.72. The third kappa shape index (κ3) is 5.73. The van der Waals surface area contributed by atoms with Crippen molar-refractivity contribution in [1.82, 2.24) is 15.1 Å². The van der Waals surface area contributed by atoms with Gasteiger partial charge in [0.05, 0.1) is 6.42 Å². The molecule has 1 aromatic carbocycles. The maximum Gasteiger partial charge on any atom is 0.224 e. The van der Waals surface area contributed by atoms with Crippen LogP contribution in [-0.4, -0.2) is 62.0 Å². The van der Waals surface area contributed by atoms with E-state index in [2.05, 4.69) is 29.1 Å². The van der Waals surface area contributed by atoms with Crippen molar-refractivity contribution in [3.05, 3.63) is 35.6 Å². The summed E-state index contributed by atoms with van der Waals surface area (Å²) in [5.74, 6) is 0.0735. The minimum Gasteiger partial charge on any atom is -0.355 e. The zero-order chi connectivity index (χ0) is 15.9. The fourth-order valence-corrected chi connectivity index (χ4v) is 2.72. The molecule has 122 valence electrons. The molecule has 1 saturated heterocycles. The Balaban J connectivity index is 1.67. The maximum atomic E-state index is 13.1. The summed E-state index contributed by atoms with van der Waals surface area (Å²) in [5.41, 5.74) is 0.712. The summed E-state index contributed by atoms with van der Waals surface area (Å²) in [6.07, 6.45) is 0.235. The van der Waals surface area contributed by atoms with Crippen LogP contribution in [0.15, 0.2) is 24.3 Å². The highest BCUT2D eigenvalue weighted by Crippen LogP contribution is 2.06. The van der Waals surface area contributed by atoms with Gasteiger partial charge in [0, 0.05) is 39.3 Å². The van der Waals surface area contributed by atoms with Crippen molar-refractivity contribution in [2.75, 3.05) is 46.3 Å². The highest BCUT2D eigenvalue weighted by molar-refractivity contribution is 5.78. The van der Waals surface area contributed by atoms with Gasteiger partial charge in [0.25, 0.3) is 0 Å². The van der Waals surface area contributed by atoms with E-state index in [1.165, 1.54) is 12.1 Å². The van der Waals surface area contributed by atoms with E-state index in [0.717, 1.165) is 32.7 Å². The smallest absolute Gasteiger partial charge is 0.224 e. The number of likely N-dealkylation sites (N-methyl/N-ethyl adjacent to an activating group) is 1. The second kappa shape index (κ2) is 8.25. The molecule has 22 heavy (non-hydrogen) atoms. The quantitative estimate of drug-likeness (QED) is 0.862. The van der Waals surface area contributed by atoms with E-state index in [1.54, 1.807) is 12.1 Å². The largest absolute Gasteiger partial charge is 0.355 e. The van der Waals surface area contributed by atoms with E-state index in [1.807, 2.05) is 0 Å². The van der Waals surface area contributed by atoms with Crippen molar-refractivity contribution in [2.24, 2.45) is 5.92 Å². The molecule has 0 spiro atoms.